The van der Waals surface area contributed by atoms with Gasteiger partial charge in [-0.3, -0.25) is 14.9 Å². The summed E-state index contributed by atoms with van der Waals surface area (Å²) in [5.41, 5.74) is 1.02. The SMILES string of the molecule is CCCCCC(C)NC(=O)c1cc([N+](=O)[O-])ccc1N1CCOCC1. The van der Waals surface area contributed by atoms with Crippen molar-refractivity contribution in [3.63, 3.8) is 0 Å². The molecule has 1 N–H and O–H groups in total. The monoisotopic (exact) mass is 349 g/mol. The van der Waals surface area contributed by atoms with E-state index < -0.39 is 4.92 Å². The van der Waals surface area contributed by atoms with Gasteiger partial charge in [0.2, 0.25) is 0 Å². The van der Waals surface area contributed by atoms with Gasteiger partial charge in [0.1, 0.15) is 0 Å². The molecule has 2 rings (SSSR count). The second kappa shape index (κ2) is 9.36. The average Bonchev–Trinajstić information content (AvgIpc) is 2.62. The van der Waals surface area contributed by atoms with Crippen LogP contribution in [0.15, 0.2) is 18.2 Å². The van der Waals surface area contributed by atoms with Crippen LogP contribution in [0.5, 0.6) is 0 Å². The second-order valence-electron chi connectivity index (χ2n) is 6.43. The number of carbonyl (C=O) groups excluding carboxylic acids is 1. The van der Waals surface area contributed by atoms with E-state index in [0.29, 0.717) is 31.9 Å². The fraction of sp³-hybridized carbons (Fsp3) is 0.611. The van der Waals surface area contributed by atoms with E-state index in [9.17, 15) is 14.9 Å². The van der Waals surface area contributed by atoms with Crippen molar-refractivity contribution >= 4 is 17.3 Å². The lowest BCUT2D eigenvalue weighted by Gasteiger charge is -2.30. The van der Waals surface area contributed by atoms with Crippen LogP contribution in [-0.2, 0) is 4.74 Å². The van der Waals surface area contributed by atoms with Gasteiger partial charge >= 0.3 is 0 Å². The van der Waals surface area contributed by atoms with E-state index in [1.54, 1.807) is 6.07 Å². The number of nitrogens with zero attached hydrogens (tertiary/aromatic N) is 2. The number of carbonyl (C=O) groups is 1. The number of nitrogens with one attached hydrogen (secondary N) is 1. The summed E-state index contributed by atoms with van der Waals surface area (Å²) in [4.78, 5) is 25.4. The van der Waals surface area contributed by atoms with Gasteiger partial charge in [0.05, 0.1) is 29.4 Å². The first kappa shape index (κ1) is 19.2. The lowest BCUT2D eigenvalue weighted by molar-refractivity contribution is -0.384. The maximum Gasteiger partial charge on any atom is 0.270 e. The summed E-state index contributed by atoms with van der Waals surface area (Å²) in [7, 11) is 0. The zero-order valence-electron chi connectivity index (χ0n) is 15.0. The van der Waals surface area contributed by atoms with E-state index in [2.05, 4.69) is 12.2 Å². The molecule has 0 bridgehead atoms. The van der Waals surface area contributed by atoms with Crippen LogP contribution >= 0.6 is 0 Å². The normalized spacial score (nSPS) is 15.7. The maximum atomic E-state index is 12.7. The van der Waals surface area contributed by atoms with Gasteiger partial charge in [-0.1, -0.05) is 26.2 Å². The molecular formula is C18H27N3O4. The molecule has 138 valence electrons. The van der Waals surface area contributed by atoms with E-state index >= 15 is 0 Å². The molecule has 7 heteroatoms. The number of hydrogen-bond acceptors (Lipinski definition) is 5. The molecule has 1 saturated heterocycles. The minimum atomic E-state index is -0.468. The molecule has 0 aromatic heterocycles. The van der Waals surface area contributed by atoms with Gasteiger partial charge in [0, 0.05) is 31.3 Å². The summed E-state index contributed by atoms with van der Waals surface area (Å²) in [6.07, 6.45) is 4.23. The van der Waals surface area contributed by atoms with Crippen molar-refractivity contribution in [2.45, 2.75) is 45.6 Å². The fourth-order valence-corrected chi connectivity index (χ4v) is 2.97. The number of morpholine rings is 1. The molecule has 1 aliphatic heterocycles. The molecule has 0 aliphatic carbocycles. The summed E-state index contributed by atoms with van der Waals surface area (Å²) in [5.74, 6) is -0.255. The van der Waals surface area contributed by atoms with Crippen LogP contribution in [0.1, 0.15) is 49.9 Å². The Bertz CT molecular complexity index is 600. The third-order valence-electron chi connectivity index (χ3n) is 4.41. The first-order valence-electron chi connectivity index (χ1n) is 8.95. The van der Waals surface area contributed by atoms with Gasteiger partial charge in [-0.05, 0) is 19.4 Å². The Kier molecular flexibility index (Phi) is 7.18. The predicted octanol–water partition coefficient (Wildman–Crippen LogP) is 3.13. The Labute approximate surface area is 148 Å². The number of rotatable bonds is 8. The number of amides is 1. The first-order valence-corrected chi connectivity index (χ1v) is 8.95. The number of unbranched alkanes of at least 4 members (excludes halogenated alkanes) is 2. The smallest absolute Gasteiger partial charge is 0.270 e. The molecule has 1 unspecified atom stereocenters. The van der Waals surface area contributed by atoms with E-state index in [4.69, 9.17) is 4.74 Å². The third kappa shape index (κ3) is 5.42. The molecule has 1 amide bonds. The number of anilines is 1. The quantitative estimate of drug-likeness (QED) is 0.443. The van der Waals surface area contributed by atoms with Crippen LogP contribution in [0.25, 0.3) is 0 Å². The Balaban J connectivity index is 2.18. The molecule has 25 heavy (non-hydrogen) atoms. The lowest BCUT2D eigenvalue weighted by atomic mass is 10.1. The molecule has 1 atom stereocenters. The highest BCUT2D eigenvalue weighted by Crippen LogP contribution is 2.26. The number of nitro benzene ring substituents is 1. The van der Waals surface area contributed by atoms with Gasteiger partial charge in [-0.2, -0.15) is 0 Å². The topological polar surface area (TPSA) is 84.7 Å². The Morgan fingerprint density at radius 2 is 2.08 bits per heavy atom. The van der Waals surface area contributed by atoms with Gasteiger partial charge in [-0.15, -0.1) is 0 Å². The van der Waals surface area contributed by atoms with Crippen LogP contribution in [0.3, 0.4) is 0 Å². The Morgan fingerprint density at radius 3 is 2.72 bits per heavy atom. The van der Waals surface area contributed by atoms with Gasteiger partial charge in [-0.25, -0.2) is 0 Å². The fourth-order valence-electron chi connectivity index (χ4n) is 2.97. The van der Waals surface area contributed by atoms with Crippen molar-refractivity contribution in [1.82, 2.24) is 5.32 Å². The maximum absolute atomic E-state index is 12.7. The molecule has 1 heterocycles. The van der Waals surface area contributed by atoms with Gasteiger partial charge < -0.3 is 15.0 Å². The van der Waals surface area contributed by atoms with Crippen LogP contribution in [-0.4, -0.2) is 43.2 Å². The standard InChI is InChI=1S/C18H27N3O4/c1-3-4-5-6-14(2)19-18(22)16-13-15(21(23)24)7-8-17(16)20-9-11-25-12-10-20/h7-8,13-14H,3-6,9-12H2,1-2H3,(H,19,22). The van der Waals surface area contributed by atoms with Crippen molar-refractivity contribution in [1.29, 1.82) is 0 Å². The zero-order valence-corrected chi connectivity index (χ0v) is 15.0. The summed E-state index contributed by atoms with van der Waals surface area (Å²) in [6, 6.07) is 4.53. The molecule has 1 aliphatic rings. The van der Waals surface area contributed by atoms with Crippen LogP contribution in [0, 0.1) is 10.1 Å². The molecular weight excluding hydrogens is 322 g/mol. The number of nitro groups is 1. The predicted molar refractivity (Wildman–Crippen MR) is 97.2 cm³/mol. The van der Waals surface area contributed by atoms with Crippen molar-refractivity contribution in [3.05, 3.63) is 33.9 Å². The minimum absolute atomic E-state index is 0.0378. The van der Waals surface area contributed by atoms with Crippen LogP contribution < -0.4 is 10.2 Å². The number of hydrogen-bond donors (Lipinski definition) is 1. The van der Waals surface area contributed by atoms with E-state index in [0.717, 1.165) is 31.4 Å². The second-order valence-corrected chi connectivity index (χ2v) is 6.43. The van der Waals surface area contributed by atoms with Crippen LogP contribution in [0.2, 0.25) is 0 Å². The summed E-state index contributed by atoms with van der Waals surface area (Å²) >= 11 is 0. The third-order valence-corrected chi connectivity index (χ3v) is 4.41. The van der Waals surface area contributed by atoms with Crippen molar-refractivity contribution < 1.29 is 14.5 Å². The number of ether oxygens (including phenoxy) is 1. The largest absolute Gasteiger partial charge is 0.378 e. The van der Waals surface area contributed by atoms with E-state index in [1.807, 2.05) is 11.8 Å². The zero-order chi connectivity index (χ0) is 18.2. The van der Waals surface area contributed by atoms with Crippen LogP contribution in [0.4, 0.5) is 11.4 Å². The molecule has 0 radical (unpaired) electrons. The summed E-state index contributed by atoms with van der Waals surface area (Å²) in [6.45, 7) is 6.63. The molecule has 1 aromatic carbocycles. The molecule has 0 spiro atoms. The molecule has 1 aromatic rings. The molecule has 0 saturated carbocycles. The molecule has 7 nitrogen and oxygen atoms in total. The summed E-state index contributed by atoms with van der Waals surface area (Å²) < 4.78 is 5.35. The Hall–Kier alpha value is -2.15. The van der Waals surface area contributed by atoms with E-state index in [-0.39, 0.29) is 17.6 Å². The van der Waals surface area contributed by atoms with Gasteiger partial charge in [0.15, 0.2) is 0 Å². The first-order chi connectivity index (χ1) is 12.0. The lowest BCUT2D eigenvalue weighted by Crippen LogP contribution is -2.39. The highest BCUT2D eigenvalue weighted by molar-refractivity contribution is 6.00. The van der Waals surface area contributed by atoms with E-state index in [1.165, 1.54) is 12.1 Å². The van der Waals surface area contributed by atoms with Crippen molar-refractivity contribution in [2.75, 3.05) is 31.2 Å². The molecule has 1 fully saturated rings. The Morgan fingerprint density at radius 1 is 1.36 bits per heavy atom. The summed E-state index contributed by atoms with van der Waals surface area (Å²) in [5, 5.41) is 14.1. The van der Waals surface area contributed by atoms with Crippen molar-refractivity contribution in [3.8, 4) is 0 Å². The number of non-ortho nitro benzene ring substituents is 1. The highest BCUT2D eigenvalue weighted by atomic mass is 16.6. The highest BCUT2D eigenvalue weighted by Gasteiger charge is 2.22. The average molecular weight is 349 g/mol. The van der Waals surface area contributed by atoms with Gasteiger partial charge in [0.25, 0.3) is 11.6 Å². The van der Waals surface area contributed by atoms with Crippen molar-refractivity contribution in [2.24, 2.45) is 0 Å². The minimum Gasteiger partial charge on any atom is -0.378 e. The number of benzene rings is 1.